The van der Waals surface area contributed by atoms with Crippen molar-refractivity contribution in [1.82, 2.24) is 4.90 Å². The van der Waals surface area contributed by atoms with Crippen LogP contribution in [0.15, 0.2) is 42.5 Å². The SMILES string of the molecule is CN(CC[C@H]1CCCCO1)C(=O)c1ccc(-c2ccc3c(c2)OCC3)cc1. The monoisotopic (exact) mass is 365 g/mol. The first-order valence-electron chi connectivity index (χ1n) is 9.94. The van der Waals surface area contributed by atoms with Crippen molar-refractivity contribution in [3.63, 3.8) is 0 Å². The fourth-order valence-electron chi connectivity index (χ4n) is 3.85. The molecule has 4 nitrogen and oxygen atoms in total. The number of carbonyl (C=O) groups is 1. The van der Waals surface area contributed by atoms with Gasteiger partial charge in [0.25, 0.3) is 5.91 Å². The quantitative estimate of drug-likeness (QED) is 0.792. The zero-order chi connectivity index (χ0) is 18.6. The molecule has 2 aliphatic heterocycles. The molecule has 4 heteroatoms. The van der Waals surface area contributed by atoms with Gasteiger partial charge < -0.3 is 14.4 Å². The van der Waals surface area contributed by atoms with Crippen LogP contribution in [0.3, 0.4) is 0 Å². The van der Waals surface area contributed by atoms with Gasteiger partial charge in [-0.2, -0.15) is 0 Å². The number of benzene rings is 2. The molecule has 1 fully saturated rings. The topological polar surface area (TPSA) is 38.8 Å². The van der Waals surface area contributed by atoms with E-state index in [1.54, 1.807) is 4.90 Å². The van der Waals surface area contributed by atoms with Crippen LogP contribution in [0.5, 0.6) is 5.75 Å². The van der Waals surface area contributed by atoms with Crippen LogP contribution in [0.1, 0.15) is 41.6 Å². The van der Waals surface area contributed by atoms with Crippen LogP contribution in [0, 0.1) is 0 Å². The van der Waals surface area contributed by atoms with Crippen molar-refractivity contribution in [2.45, 2.75) is 38.2 Å². The summed E-state index contributed by atoms with van der Waals surface area (Å²) in [5.41, 5.74) is 4.22. The summed E-state index contributed by atoms with van der Waals surface area (Å²) in [4.78, 5) is 14.5. The highest BCUT2D eigenvalue weighted by atomic mass is 16.5. The van der Waals surface area contributed by atoms with Gasteiger partial charge in [0.05, 0.1) is 12.7 Å². The molecule has 0 spiro atoms. The molecule has 2 aromatic carbocycles. The molecule has 1 atom stereocenters. The second-order valence-electron chi connectivity index (χ2n) is 7.50. The second kappa shape index (κ2) is 8.13. The van der Waals surface area contributed by atoms with E-state index in [-0.39, 0.29) is 5.91 Å². The van der Waals surface area contributed by atoms with Gasteiger partial charge in [0.2, 0.25) is 0 Å². The van der Waals surface area contributed by atoms with Gasteiger partial charge >= 0.3 is 0 Å². The lowest BCUT2D eigenvalue weighted by Crippen LogP contribution is -2.31. The molecule has 2 heterocycles. The Bertz CT molecular complexity index is 794. The molecule has 0 aromatic heterocycles. The van der Waals surface area contributed by atoms with Crippen molar-refractivity contribution in [1.29, 1.82) is 0 Å². The lowest BCUT2D eigenvalue weighted by atomic mass is 10.0. The molecule has 1 amide bonds. The van der Waals surface area contributed by atoms with Crippen LogP contribution >= 0.6 is 0 Å². The zero-order valence-electron chi connectivity index (χ0n) is 15.9. The summed E-state index contributed by atoms with van der Waals surface area (Å²) in [5, 5.41) is 0. The van der Waals surface area contributed by atoms with E-state index in [1.807, 2.05) is 31.3 Å². The maximum Gasteiger partial charge on any atom is 0.253 e. The van der Waals surface area contributed by atoms with Gasteiger partial charge in [-0.1, -0.05) is 24.3 Å². The molecule has 4 rings (SSSR count). The number of nitrogens with zero attached hydrogens (tertiary/aromatic N) is 1. The summed E-state index contributed by atoms with van der Waals surface area (Å²) in [7, 11) is 1.87. The maximum atomic E-state index is 12.7. The average Bonchev–Trinajstić information content (AvgIpc) is 3.20. The lowest BCUT2D eigenvalue weighted by Gasteiger charge is -2.25. The third-order valence-corrected chi connectivity index (χ3v) is 5.57. The fraction of sp³-hybridized carbons (Fsp3) is 0.435. The summed E-state index contributed by atoms with van der Waals surface area (Å²) >= 11 is 0. The van der Waals surface area contributed by atoms with E-state index in [9.17, 15) is 4.79 Å². The number of carbonyl (C=O) groups excluding carboxylic acids is 1. The molecule has 0 unspecified atom stereocenters. The average molecular weight is 365 g/mol. The predicted molar refractivity (Wildman–Crippen MR) is 106 cm³/mol. The maximum absolute atomic E-state index is 12.7. The van der Waals surface area contributed by atoms with E-state index < -0.39 is 0 Å². The smallest absolute Gasteiger partial charge is 0.253 e. The van der Waals surface area contributed by atoms with E-state index in [2.05, 4.69) is 18.2 Å². The molecule has 2 aliphatic rings. The summed E-state index contributed by atoms with van der Waals surface area (Å²) in [6.45, 7) is 2.36. The van der Waals surface area contributed by atoms with Crippen LogP contribution < -0.4 is 4.74 Å². The van der Waals surface area contributed by atoms with Gasteiger partial charge in [0, 0.05) is 32.2 Å². The molecule has 0 saturated carbocycles. The third kappa shape index (κ3) is 4.16. The Kier molecular flexibility index (Phi) is 5.44. The Morgan fingerprint density at radius 2 is 1.89 bits per heavy atom. The Morgan fingerprint density at radius 1 is 1.07 bits per heavy atom. The molecule has 0 bridgehead atoms. The van der Waals surface area contributed by atoms with Gasteiger partial charge in [-0.05, 0) is 60.6 Å². The predicted octanol–water partition coefficient (Wildman–Crippen LogP) is 4.32. The Hall–Kier alpha value is -2.33. The molecule has 0 N–H and O–H groups in total. The Balaban J connectivity index is 1.38. The standard InChI is InChI=1S/C23H27NO3/c1-24(13-11-21-4-2-3-14-26-21)23(25)19-8-5-17(6-9-19)20-10-7-18-12-15-27-22(18)16-20/h5-10,16,21H,2-4,11-15H2,1H3/t21-/m1/s1. The fourth-order valence-corrected chi connectivity index (χ4v) is 3.85. The number of hydrogen-bond acceptors (Lipinski definition) is 3. The van der Waals surface area contributed by atoms with Crippen molar-refractivity contribution in [2.75, 3.05) is 26.8 Å². The summed E-state index contributed by atoms with van der Waals surface area (Å²) in [6, 6.07) is 14.2. The first kappa shape index (κ1) is 18.1. The van der Waals surface area contributed by atoms with E-state index in [0.29, 0.717) is 6.10 Å². The van der Waals surface area contributed by atoms with Gasteiger partial charge in [-0.3, -0.25) is 4.79 Å². The molecule has 27 heavy (non-hydrogen) atoms. The summed E-state index contributed by atoms with van der Waals surface area (Å²) < 4.78 is 11.4. The molecular weight excluding hydrogens is 338 g/mol. The molecule has 142 valence electrons. The Labute approximate surface area is 161 Å². The van der Waals surface area contributed by atoms with Gasteiger partial charge in [-0.15, -0.1) is 0 Å². The minimum Gasteiger partial charge on any atom is -0.493 e. The van der Waals surface area contributed by atoms with Gasteiger partial charge in [-0.25, -0.2) is 0 Å². The number of hydrogen-bond donors (Lipinski definition) is 0. The summed E-state index contributed by atoms with van der Waals surface area (Å²) in [5.74, 6) is 1.05. The van der Waals surface area contributed by atoms with E-state index in [4.69, 9.17) is 9.47 Å². The highest BCUT2D eigenvalue weighted by Crippen LogP contribution is 2.31. The van der Waals surface area contributed by atoms with E-state index >= 15 is 0 Å². The Morgan fingerprint density at radius 3 is 2.67 bits per heavy atom. The number of ether oxygens (including phenoxy) is 2. The molecule has 2 aromatic rings. The van der Waals surface area contributed by atoms with E-state index in [0.717, 1.165) is 67.9 Å². The lowest BCUT2D eigenvalue weighted by molar-refractivity contribution is 0.00709. The normalized spacial score (nSPS) is 18.6. The van der Waals surface area contributed by atoms with Crippen molar-refractivity contribution >= 4 is 5.91 Å². The molecule has 0 aliphatic carbocycles. The highest BCUT2D eigenvalue weighted by Gasteiger charge is 2.18. The second-order valence-corrected chi connectivity index (χ2v) is 7.50. The summed E-state index contributed by atoms with van der Waals surface area (Å²) in [6.07, 6.45) is 5.71. The molecule has 0 radical (unpaired) electrons. The van der Waals surface area contributed by atoms with Crippen molar-refractivity contribution < 1.29 is 14.3 Å². The van der Waals surface area contributed by atoms with Gasteiger partial charge in [0.1, 0.15) is 5.75 Å². The highest BCUT2D eigenvalue weighted by molar-refractivity contribution is 5.94. The molecular formula is C23H27NO3. The van der Waals surface area contributed by atoms with Crippen molar-refractivity contribution in [2.24, 2.45) is 0 Å². The van der Waals surface area contributed by atoms with Crippen LogP contribution in [-0.4, -0.2) is 43.7 Å². The minimum atomic E-state index is 0.0645. The largest absolute Gasteiger partial charge is 0.493 e. The van der Waals surface area contributed by atoms with Crippen LogP contribution in [-0.2, 0) is 11.2 Å². The van der Waals surface area contributed by atoms with Gasteiger partial charge in [0.15, 0.2) is 0 Å². The molecule has 1 saturated heterocycles. The van der Waals surface area contributed by atoms with Crippen LogP contribution in [0.2, 0.25) is 0 Å². The number of fused-ring (bicyclic) bond motifs is 1. The number of rotatable bonds is 5. The first-order valence-corrected chi connectivity index (χ1v) is 9.94. The first-order chi connectivity index (χ1) is 13.2. The van der Waals surface area contributed by atoms with Crippen molar-refractivity contribution in [3.05, 3.63) is 53.6 Å². The van der Waals surface area contributed by atoms with Crippen LogP contribution in [0.4, 0.5) is 0 Å². The van der Waals surface area contributed by atoms with Crippen LogP contribution in [0.25, 0.3) is 11.1 Å². The minimum absolute atomic E-state index is 0.0645. The third-order valence-electron chi connectivity index (χ3n) is 5.57. The van der Waals surface area contributed by atoms with E-state index in [1.165, 1.54) is 12.0 Å². The van der Waals surface area contributed by atoms with Crippen molar-refractivity contribution in [3.8, 4) is 16.9 Å². The zero-order valence-corrected chi connectivity index (χ0v) is 15.9. The number of amides is 1.